The molecule has 0 aliphatic rings. The zero-order valence-corrected chi connectivity index (χ0v) is 40.6. The predicted molar refractivity (Wildman–Crippen MR) is 264 cm³/mol. The normalized spacial score (nSPS) is 12.0. The second-order valence-electron chi connectivity index (χ2n) is 16.8. The fraction of sp³-hybridized carbons (Fsp3) is 0.107. The topological polar surface area (TPSA) is 30.7 Å². The fourth-order valence-corrected chi connectivity index (χ4v) is 13.2. The number of aromatic nitrogens is 3. The summed E-state index contributed by atoms with van der Waals surface area (Å²) in [5.74, 6) is 7.35. The molecule has 0 saturated heterocycles. The maximum absolute atomic E-state index is 8.44. The number of hydrogen-bond donors (Lipinski definition) is 0. The number of thiophene rings is 1. The smallest absolute Gasteiger partial charge is 0.0852 e. The van der Waals surface area contributed by atoms with Crippen molar-refractivity contribution in [2.45, 2.75) is 37.0 Å². The Hall–Kier alpha value is -5.69. The van der Waals surface area contributed by atoms with E-state index in [0.29, 0.717) is 0 Å². The molecule has 0 unspecified atom stereocenters. The minimum atomic E-state index is -2.03. The SMILES string of the molecule is [2H]C(C)(C)c1cc(-c2[c-]cccc2)nc[c]1[Ge]([CH3])([CH3])[CH3].[Ir].[c-]1ccc2c(sc3c4ccccc4ccc23)c1-c1nc2c3ccccc3ccc2n1-c1ccccc1-c1ccccc1. The van der Waals surface area contributed by atoms with Crippen LogP contribution in [0.25, 0.3) is 92.2 Å². The van der Waals surface area contributed by atoms with Gasteiger partial charge in [0, 0.05) is 41.4 Å². The molecule has 11 aromatic rings. The van der Waals surface area contributed by atoms with Crippen molar-refractivity contribution < 1.29 is 21.5 Å². The summed E-state index contributed by atoms with van der Waals surface area (Å²) >= 11 is -0.180. The summed E-state index contributed by atoms with van der Waals surface area (Å²) in [7, 11) is 0. The van der Waals surface area contributed by atoms with Gasteiger partial charge in [-0.2, -0.15) is 11.3 Å². The summed E-state index contributed by atoms with van der Waals surface area (Å²) in [6, 6.07) is 66.5. The molecule has 0 aliphatic heterocycles. The Morgan fingerprint density at radius 2 is 1.32 bits per heavy atom. The minimum Gasteiger partial charge on any atom is -0.333 e. The summed E-state index contributed by atoms with van der Waals surface area (Å²) < 4.78 is 14.6. The maximum atomic E-state index is 8.44. The number of nitrogens with zero attached hydrogens (tertiary/aromatic N) is 3. The quantitative estimate of drug-likeness (QED) is 0.123. The van der Waals surface area contributed by atoms with Crippen LogP contribution in [0.1, 0.15) is 26.7 Å². The summed E-state index contributed by atoms with van der Waals surface area (Å²) in [5.41, 5.74) is 9.59. The van der Waals surface area contributed by atoms with Gasteiger partial charge < -0.3 is 4.57 Å². The molecule has 305 valence electrons. The van der Waals surface area contributed by atoms with E-state index in [0.717, 1.165) is 50.3 Å². The number of hydrogen-bond acceptors (Lipinski definition) is 3. The average molecular weight is 1060 g/mol. The fourth-order valence-electron chi connectivity index (χ4n) is 8.56. The van der Waals surface area contributed by atoms with Crippen LogP contribution in [0.5, 0.6) is 0 Å². The largest absolute Gasteiger partial charge is 0.333 e. The molecule has 0 aliphatic carbocycles. The van der Waals surface area contributed by atoms with Crippen LogP contribution in [0.3, 0.4) is 0 Å². The molecule has 0 atom stereocenters. The molecular weight excluding hydrogens is 1010 g/mol. The van der Waals surface area contributed by atoms with E-state index in [1.807, 2.05) is 55.6 Å². The monoisotopic (exact) mass is 1060 g/mol. The van der Waals surface area contributed by atoms with Gasteiger partial charge in [0.05, 0.1) is 16.9 Å². The van der Waals surface area contributed by atoms with Crippen LogP contribution >= 0.6 is 11.3 Å². The van der Waals surface area contributed by atoms with E-state index < -0.39 is 19.2 Å². The van der Waals surface area contributed by atoms with Crippen molar-refractivity contribution in [3.63, 3.8) is 0 Å². The predicted octanol–water partition coefficient (Wildman–Crippen LogP) is 15.0. The molecule has 11 rings (SSSR count). The van der Waals surface area contributed by atoms with E-state index in [1.54, 1.807) is 0 Å². The van der Waals surface area contributed by atoms with Crippen molar-refractivity contribution in [3.05, 3.63) is 194 Å². The number of rotatable bonds is 6. The van der Waals surface area contributed by atoms with Crippen LogP contribution in [-0.4, -0.2) is 27.8 Å². The zero-order chi connectivity index (χ0) is 42.6. The van der Waals surface area contributed by atoms with Gasteiger partial charge in [0.25, 0.3) is 0 Å². The van der Waals surface area contributed by atoms with Gasteiger partial charge in [0.2, 0.25) is 0 Å². The number of imidazole rings is 1. The van der Waals surface area contributed by atoms with Gasteiger partial charge in [-0.25, -0.2) is 0 Å². The van der Waals surface area contributed by atoms with E-state index in [-0.39, 0.29) is 20.1 Å². The Kier molecular flexibility index (Phi) is 11.2. The molecule has 0 fully saturated rings. The van der Waals surface area contributed by atoms with Crippen molar-refractivity contribution in [2.75, 3.05) is 0 Å². The molecule has 6 heteroatoms. The average Bonchev–Trinajstić information content (AvgIpc) is 3.89. The molecule has 3 aromatic heterocycles. The van der Waals surface area contributed by atoms with Crippen LogP contribution in [0.15, 0.2) is 176 Å². The summed E-state index contributed by atoms with van der Waals surface area (Å²) in [5, 5.41) is 7.42. The Labute approximate surface area is 385 Å². The number of pyridine rings is 1. The minimum absolute atomic E-state index is 0. The molecule has 0 saturated carbocycles. The molecular formula is C56H45GeIrN3S-2. The van der Waals surface area contributed by atoms with Crippen LogP contribution in [0, 0.1) is 12.1 Å². The first-order valence-electron chi connectivity index (χ1n) is 21.3. The molecule has 62 heavy (non-hydrogen) atoms. The molecule has 0 amide bonds. The Bertz CT molecular complexity index is 3440. The van der Waals surface area contributed by atoms with Gasteiger partial charge in [-0.05, 0) is 43.9 Å². The summed E-state index contributed by atoms with van der Waals surface area (Å²) in [6.07, 6.45) is 2.00. The van der Waals surface area contributed by atoms with Gasteiger partial charge >= 0.3 is 120 Å². The second-order valence-corrected chi connectivity index (χ2v) is 28.4. The van der Waals surface area contributed by atoms with Crippen LogP contribution in [0.4, 0.5) is 0 Å². The second kappa shape index (κ2) is 17.2. The van der Waals surface area contributed by atoms with Crippen molar-refractivity contribution in [1.29, 1.82) is 0 Å². The standard InChI is InChI=1S/C39H23N2S.C17H22GeN.Ir/c1-2-11-25(12-3-1)28-15-8-9-20-34(28)41-35-24-22-26-13-4-6-16-29(26)36(35)40-39(41)33-19-10-18-31-32-23-21-27-14-5-7-17-30(27)37(32)42-38(31)33;1-13(2)15-11-17(14-9-7-6-8-10-14)19-12-16(15)18(3,4)5;/h1-18,20-24H;6-9,11-13H,1-5H3;/q2*-1;/i;13D;. The van der Waals surface area contributed by atoms with Gasteiger partial charge in [-0.15, -0.1) is 18.2 Å². The summed E-state index contributed by atoms with van der Waals surface area (Å²) in [4.78, 5) is 10.1. The number of benzene rings is 8. The Morgan fingerprint density at radius 1 is 0.645 bits per heavy atom. The molecule has 8 aromatic carbocycles. The van der Waals surface area contributed by atoms with Crippen molar-refractivity contribution in [3.8, 4) is 39.5 Å². The van der Waals surface area contributed by atoms with E-state index in [1.165, 1.54) is 51.9 Å². The Morgan fingerprint density at radius 3 is 2.08 bits per heavy atom. The van der Waals surface area contributed by atoms with E-state index in [9.17, 15) is 0 Å². The van der Waals surface area contributed by atoms with Gasteiger partial charge in [0.1, 0.15) is 0 Å². The molecule has 1 radical (unpaired) electrons. The first-order valence-corrected chi connectivity index (χ1v) is 29.0. The molecule has 0 spiro atoms. The van der Waals surface area contributed by atoms with Gasteiger partial charge in [0.15, 0.2) is 0 Å². The van der Waals surface area contributed by atoms with Crippen molar-refractivity contribution in [1.82, 2.24) is 14.5 Å². The van der Waals surface area contributed by atoms with E-state index in [4.69, 9.17) is 6.35 Å². The third kappa shape index (κ3) is 7.62. The van der Waals surface area contributed by atoms with Crippen LogP contribution < -0.4 is 4.40 Å². The molecule has 3 heterocycles. The van der Waals surface area contributed by atoms with Gasteiger partial charge in [-0.1, -0.05) is 126 Å². The third-order valence-electron chi connectivity index (χ3n) is 11.6. The van der Waals surface area contributed by atoms with Crippen molar-refractivity contribution >= 4 is 81.7 Å². The summed E-state index contributed by atoms with van der Waals surface area (Å²) in [6.45, 7) is 3.91. The maximum Gasteiger partial charge on any atom is 0.0852 e. The number of fused-ring (bicyclic) bond motifs is 8. The first-order chi connectivity index (χ1) is 30.0. The van der Waals surface area contributed by atoms with Crippen LogP contribution in [0.2, 0.25) is 17.3 Å². The first kappa shape index (κ1) is 40.4. The Balaban J connectivity index is 0.000000204. The van der Waals surface area contributed by atoms with Crippen LogP contribution in [-0.2, 0) is 20.1 Å². The van der Waals surface area contributed by atoms with E-state index >= 15 is 0 Å². The van der Waals surface area contributed by atoms with E-state index in [2.05, 4.69) is 185 Å². The zero-order valence-electron chi connectivity index (χ0n) is 36.3. The molecule has 0 bridgehead atoms. The molecule has 3 nitrogen and oxygen atoms in total. The third-order valence-corrected chi connectivity index (χ3v) is 17.1. The number of para-hydroxylation sites is 1. The molecule has 0 N–H and O–H groups in total. The van der Waals surface area contributed by atoms with Crippen molar-refractivity contribution in [2.24, 2.45) is 0 Å². The van der Waals surface area contributed by atoms with Gasteiger partial charge in [-0.3, -0.25) is 4.98 Å².